The summed E-state index contributed by atoms with van der Waals surface area (Å²) in [5.74, 6) is 0.785. The Hall–Kier alpha value is -1.21. The van der Waals surface area contributed by atoms with Crippen LogP contribution in [0, 0.1) is 17.0 Å². The van der Waals surface area contributed by atoms with Gasteiger partial charge in [-0.3, -0.25) is 10.1 Å². The molecule has 1 atom stereocenters. The Labute approximate surface area is 133 Å². The molecule has 0 saturated carbocycles. The topological polar surface area (TPSA) is 71.3 Å². The summed E-state index contributed by atoms with van der Waals surface area (Å²) in [6.07, 6.45) is 5.01. The van der Waals surface area contributed by atoms with E-state index in [4.69, 9.17) is 0 Å². The molecule has 1 aliphatic heterocycles. The summed E-state index contributed by atoms with van der Waals surface area (Å²) in [5.41, 5.74) is 0.678. The molecular formula is C14H21BrN4O2. The van der Waals surface area contributed by atoms with E-state index in [0.717, 1.165) is 25.5 Å². The van der Waals surface area contributed by atoms with Crippen molar-refractivity contribution in [3.05, 3.63) is 26.3 Å². The van der Waals surface area contributed by atoms with E-state index in [0.29, 0.717) is 16.1 Å². The Balaban J connectivity index is 2.21. The summed E-state index contributed by atoms with van der Waals surface area (Å²) in [4.78, 5) is 17.0. The summed E-state index contributed by atoms with van der Waals surface area (Å²) in [5, 5.41) is 14.5. The lowest BCUT2D eigenvalue weighted by Gasteiger charge is -2.31. The van der Waals surface area contributed by atoms with Crippen molar-refractivity contribution >= 4 is 27.4 Å². The van der Waals surface area contributed by atoms with E-state index in [1.165, 1.54) is 25.5 Å². The number of nitro groups is 1. The van der Waals surface area contributed by atoms with Crippen LogP contribution >= 0.6 is 15.9 Å². The first-order valence-corrected chi connectivity index (χ1v) is 8.11. The molecule has 0 aliphatic carbocycles. The molecule has 0 bridgehead atoms. The molecule has 1 aromatic rings. The average Bonchev–Trinajstić information content (AvgIpc) is 2.48. The number of likely N-dealkylation sites (N-methyl/N-ethyl adjacent to an activating group) is 1. The van der Waals surface area contributed by atoms with Crippen molar-refractivity contribution in [3.8, 4) is 0 Å². The molecule has 1 saturated heterocycles. The lowest BCUT2D eigenvalue weighted by atomic mass is 10.0. The van der Waals surface area contributed by atoms with Gasteiger partial charge in [-0.1, -0.05) is 6.42 Å². The molecule has 116 valence electrons. The zero-order valence-electron chi connectivity index (χ0n) is 12.4. The molecule has 2 heterocycles. The largest absolute Gasteiger partial charge is 0.354 e. The number of piperidine rings is 1. The van der Waals surface area contributed by atoms with Gasteiger partial charge in [0.2, 0.25) is 0 Å². The molecule has 2 rings (SSSR count). The van der Waals surface area contributed by atoms with Crippen molar-refractivity contribution in [2.45, 2.75) is 39.2 Å². The number of anilines is 1. The maximum atomic E-state index is 11.0. The van der Waals surface area contributed by atoms with E-state index < -0.39 is 4.92 Å². The Morgan fingerprint density at radius 2 is 2.33 bits per heavy atom. The van der Waals surface area contributed by atoms with Crippen LogP contribution in [-0.2, 0) is 0 Å². The number of rotatable bonds is 5. The van der Waals surface area contributed by atoms with Gasteiger partial charge in [0.05, 0.1) is 9.40 Å². The number of pyridine rings is 1. The van der Waals surface area contributed by atoms with Crippen molar-refractivity contribution < 1.29 is 4.92 Å². The SMILES string of the molecule is CCN(CC1CCCCN1)c1ncc([N+](=O)[O-])c(C)c1Br. The van der Waals surface area contributed by atoms with Gasteiger partial charge in [0.25, 0.3) is 5.69 Å². The fraction of sp³-hybridized carbons (Fsp3) is 0.643. The standard InChI is InChI=1S/C14H21BrN4O2/c1-3-18(9-11-6-4-5-7-16-11)14-13(15)10(2)12(8-17-14)19(20)21/h8,11,16H,3-7,9H2,1-2H3. The number of nitrogens with one attached hydrogen (secondary N) is 1. The Morgan fingerprint density at radius 1 is 1.57 bits per heavy atom. The zero-order chi connectivity index (χ0) is 15.4. The van der Waals surface area contributed by atoms with Crippen LogP contribution in [0.1, 0.15) is 31.7 Å². The van der Waals surface area contributed by atoms with E-state index in [-0.39, 0.29) is 5.69 Å². The predicted molar refractivity (Wildman–Crippen MR) is 86.9 cm³/mol. The molecule has 0 amide bonds. The molecule has 7 heteroatoms. The van der Waals surface area contributed by atoms with Gasteiger partial charge in [-0.2, -0.15) is 0 Å². The summed E-state index contributed by atoms with van der Waals surface area (Å²) >= 11 is 3.48. The number of hydrogen-bond donors (Lipinski definition) is 1. The number of halogens is 1. The fourth-order valence-corrected chi connectivity index (χ4v) is 3.23. The molecule has 21 heavy (non-hydrogen) atoms. The van der Waals surface area contributed by atoms with Crippen LogP contribution < -0.4 is 10.2 Å². The molecule has 0 spiro atoms. The third-order valence-electron chi connectivity index (χ3n) is 3.95. The van der Waals surface area contributed by atoms with Crippen molar-refractivity contribution in [2.24, 2.45) is 0 Å². The molecular weight excluding hydrogens is 336 g/mol. The van der Waals surface area contributed by atoms with Gasteiger partial charge in [-0.05, 0) is 49.2 Å². The minimum Gasteiger partial charge on any atom is -0.354 e. The molecule has 6 nitrogen and oxygen atoms in total. The molecule has 0 radical (unpaired) electrons. The minimum atomic E-state index is -0.393. The van der Waals surface area contributed by atoms with Crippen molar-refractivity contribution in [3.63, 3.8) is 0 Å². The first-order chi connectivity index (χ1) is 10.0. The van der Waals surface area contributed by atoms with Crippen molar-refractivity contribution in [1.29, 1.82) is 0 Å². The summed E-state index contributed by atoms with van der Waals surface area (Å²) in [7, 11) is 0. The summed E-state index contributed by atoms with van der Waals surface area (Å²) in [6.45, 7) is 6.59. The van der Waals surface area contributed by atoms with Crippen LogP contribution in [0.5, 0.6) is 0 Å². The maximum Gasteiger partial charge on any atom is 0.291 e. The predicted octanol–water partition coefficient (Wildman–Crippen LogP) is 3.03. The summed E-state index contributed by atoms with van der Waals surface area (Å²) in [6, 6.07) is 0.461. The van der Waals surface area contributed by atoms with Crippen molar-refractivity contribution in [2.75, 3.05) is 24.5 Å². The van der Waals surface area contributed by atoms with Gasteiger partial charge in [-0.25, -0.2) is 4.98 Å². The van der Waals surface area contributed by atoms with Gasteiger partial charge in [0, 0.05) is 24.7 Å². The average molecular weight is 357 g/mol. The van der Waals surface area contributed by atoms with E-state index in [1.54, 1.807) is 6.92 Å². The Kier molecular flexibility index (Phi) is 5.52. The quantitative estimate of drug-likeness (QED) is 0.648. The van der Waals surface area contributed by atoms with Gasteiger partial charge >= 0.3 is 0 Å². The molecule has 1 fully saturated rings. The lowest BCUT2D eigenvalue weighted by Crippen LogP contribution is -2.44. The molecule has 1 aliphatic rings. The highest BCUT2D eigenvalue weighted by atomic mass is 79.9. The van der Waals surface area contributed by atoms with Crippen LogP contribution in [-0.4, -0.2) is 35.6 Å². The van der Waals surface area contributed by atoms with Crippen LogP contribution in [0.15, 0.2) is 10.7 Å². The second-order valence-corrected chi connectivity index (χ2v) is 6.14. The normalized spacial score (nSPS) is 18.5. The number of hydrogen-bond acceptors (Lipinski definition) is 5. The highest BCUT2D eigenvalue weighted by Gasteiger charge is 2.22. The zero-order valence-corrected chi connectivity index (χ0v) is 14.0. The van der Waals surface area contributed by atoms with E-state index in [9.17, 15) is 10.1 Å². The van der Waals surface area contributed by atoms with Crippen LogP contribution in [0.3, 0.4) is 0 Å². The van der Waals surface area contributed by atoms with Crippen LogP contribution in [0.2, 0.25) is 0 Å². The van der Waals surface area contributed by atoms with Gasteiger partial charge in [0.1, 0.15) is 12.0 Å². The first kappa shape index (κ1) is 16.2. The number of nitrogens with zero attached hydrogens (tertiary/aromatic N) is 3. The van der Waals surface area contributed by atoms with E-state index in [2.05, 4.69) is 38.1 Å². The smallest absolute Gasteiger partial charge is 0.291 e. The third kappa shape index (κ3) is 3.71. The van der Waals surface area contributed by atoms with Crippen molar-refractivity contribution in [1.82, 2.24) is 10.3 Å². The van der Waals surface area contributed by atoms with Crippen LogP contribution in [0.25, 0.3) is 0 Å². The molecule has 1 unspecified atom stereocenters. The van der Waals surface area contributed by atoms with Gasteiger partial charge in [0.15, 0.2) is 0 Å². The maximum absolute atomic E-state index is 11.0. The minimum absolute atomic E-state index is 0.0532. The molecule has 0 aromatic carbocycles. The highest BCUT2D eigenvalue weighted by Crippen LogP contribution is 2.32. The Morgan fingerprint density at radius 3 is 2.90 bits per heavy atom. The highest BCUT2D eigenvalue weighted by molar-refractivity contribution is 9.10. The van der Waals surface area contributed by atoms with Gasteiger partial charge in [-0.15, -0.1) is 0 Å². The monoisotopic (exact) mass is 356 g/mol. The lowest BCUT2D eigenvalue weighted by molar-refractivity contribution is -0.385. The van der Waals surface area contributed by atoms with Gasteiger partial charge < -0.3 is 10.2 Å². The molecule has 1 N–H and O–H groups in total. The second-order valence-electron chi connectivity index (χ2n) is 5.35. The fourth-order valence-electron chi connectivity index (χ4n) is 2.67. The van der Waals surface area contributed by atoms with Crippen LogP contribution in [0.4, 0.5) is 11.5 Å². The van der Waals surface area contributed by atoms with E-state index in [1.807, 2.05) is 0 Å². The molecule has 1 aromatic heterocycles. The summed E-state index contributed by atoms with van der Waals surface area (Å²) < 4.78 is 0.717. The van der Waals surface area contributed by atoms with E-state index >= 15 is 0 Å². The Bertz CT molecular complexity index is 518. The third-order valence-corrected chi connectivity index (χ3v) is 4.90. The first-order valence-electron chi connectivity index (χ1n) is 7.32. The number of aromatic nitrogens is 1. The second kappa shape index (κ2) is 7.17.